The third-order valence-corrected chi connectivity index (χ3v) is 5.75. The first-order chi connectivity index (χ1) is 13.0. The van der Waals surface area contributed by atoms with Crippen LogP contribution in [-0.2, 0) is 4.79 Å². The Morgan fingerprint density at radius 2 is 1.89 bits per heavy atom. The summed E-state index contributed by atoms with van der Waals surface area (Å²) in [6, 6.07) is 14.2. The van der Waals surface area contributed by atoms with Crippen LogP contribution in [0.3, 0.4) is 0 Å². The summed E-state index contributed by atoms with van der Waals surface area (Å²) in [4.78, 5) is 21.3. The molecular formula is C21H26N4OS. The summed E-state index contributed by atoms with van der Waals surface area (Å²) in [5, 5.41) is 3.87. The van der Waals surface area contributed by atoms with Crippen LogP contribution < -0.4 is 15.1 Å². The van der Waals surface area contributed by atoms with Gasteiger partial charge in [0.15, 0.2) is 5.13 Å². The van der Waals surface area contributed by atoms with E-state index in [9.17, 15) is 4.79 Å². The number of amides is 1. The molecule has 0 aliphatic heterocycles. The maximum atomic E-state index is 12.5. The Morgan fingerprint density at radius 3 is 2.56 bits per heavy atom. The zero-order valence-corrected chi connectivity index (χ0v) is 17.1. The summed E-state index contributed by atoms with van der Waals surface area (Å²) >= 11 is 1.60. The lowest BCUT2D eigenvalue weighted by molar-refractivity contribution is -0.114. The van der Waals surface area contributed by atoms with Gasteiger partial charge in [-0.3, -0.25) is 4.79 Å². The number of anilines is 3. The SMILES string of the molecule is CCN(CC)c1ccc(NC(=O)CN(C)c2nc3ccccc3s2)c(C)c1. The summed E-state index contributed by atoms with van der Waals surface area (Å²) in [6.07, 6.45) is 0. The molecule has 0 unspecified atom stereocenters. The molecule has 0 radical (unpaired) electrons. The number of aromatic nitrogens is 1. The number of rotatable bonds is 7. The lowest BCUT2D eigenvalue weighted by atomic mass is 10.1. The fourth-order valence-electron chi connectivity index (χ4n) is 3.07. The zero-order valence-electron chi connectivity index (χ0n) is 16.3. The fraction of sp³-hybridized carbons (Fsp3) is 0.333. The molecule has 3 aromatic rings. The summed E-state index contributed by atoms with van der Waals surface area (Å²) in [6.45, 7) is 8.51. The Bertz CT molecular complexity index is 900. The highest BCUT2D eigenvalue weighted by Crippen LogP contribution is 2.28. The molecule has 27 heavy (non-hydrogen) atoms. The Morgan fingerprint density at radius 1 is 1.15 bits per heavy atom. The highest BCUT2D eigenvalue weighted by molar-refractivity contribution is 7.22. The Kier molecular flexibility index (Phi) is 5.96. The summed E-state index contributed by atoms with van der Waals surface area (Å²) in [5.41, 5.74) is 4.07. The van der Waals surface area contributed by atoms with Gasteiger partial charge in [-0.15, -0.1) is 0 Å². The number of aryl methyl sites for hydroxylation is 1. The van der Waals surface area contributed by atoms with E-state index in [4.69, 9.17) is 0 Å². The summed E-state index contributed by atoms with van der Waals surface area (Å²) < 4.78 is 1.13. The van der Waals surface area contributed by atoms with Crippen molar-refractivity contribution in [1.82, 2.24) is 4.98 Å². The number of thiazole rings is 1. The Labute approximate surface area is 164 Å². The molecule has 0 bridgehead atoms. The average molecular weight is 383 g/mol. The van der Waals surface area contributed by atoms with Crippen molar-refractivity contribution in [3.05, 3.63) is 48.0 Å². The molecule has 0 fully saturated rings. The van der Waals surface area contributed by atoms with Crippen LogP contribution in [0.1, 0.15) is 19.4 Å². The lowest BCUT2D eigenvalue weighted by Crippen LogP contribution is -2.30. The molecule has 0 saturated heterocycles. The molecular weight excluding hydrogens is 356 g/mol. The second-order valence-corrected chi connectivity index (χ2v) is 7.55. The molecule has 1 amide bonds. The van der Waals surface area contributed by atoms with E-state index in [1.165, 1.54) is 5.69 Å². The van der Waals surface area contributed by atoms with Crippen molar-refractivity contribution in [2.24, 2.45) is 0 Å². The first-order valence-electron chi connectivity index (χ1n) is 9.24. The molecule has 0 spiro atoms. The number of carbonyl (C=O) groups excluding carboxylic acids is 1. The van der Waals surface area contributed by atoms with Crippen LogP contribution in [0.15, 0.2) is 42.5 Å². The molecule has 1 N–H and O–H groups in total. The highest BCUT2D eigenvalue weighted by atomic mass is 32.1. The van der Waals surface area contributed by atoms with E-state index < -0.39 is 0 Å². The number of hydrogen-bond acceptors (Lipinski definition) is 5. The summed E-state index contributed by atoms with van der Waals surface area (Å²) in [5.74, 6) is -0.0459. The van der Waals surface area contributed by atoms with Gasteiger partial charge in [0.2, 0.25) is 5.91 Å². The van der Waals surface area contributed by atoms with E-state index in [1.807, 2.05) is 49.2 Å². The fourth-order valence-corrected chi connectivity index (χ4v) is 4.00. The standard InChI is InChI=1S/C21H26N4OS/c1-5-25(6-2)16-11-12-17(15(3)13-16)22-20(26)14-24(4)21-23-18-9-7-8-10-19(18)27-21/h7-13H,5-6,14H2,1-4H3,(H,22,26). The van der Waals surface area contributed by atoms with Gasteiger partial charge in [0.25, 0.3) is 0 Å². The van der Waals surface area contributed by atoms with E-state index in [1.54, 1.807) is 11.3 Å². The van der Waals surface area contributed by atoms with Crippen molar-refractivity contribution in [3.63, 3.8) is 0 Å². The zero-order chi connectivity index (χ0) is 19.4. The van der Waals surface area contributed by atoms with E-state index >= 15 is 0 Å². The molecule has 2 aromatic carbocycles. The quantitative estimate of drug-likeness (QED) is 0.652. The predicted molar refractivity (Wildman–Crippen MR) is 116 cm³/mol. The third kappa shape index (κ3) is 4.39. The first-order valence-corrected chi connectivity index (χ1v) is 10.1. The number of fused-ring (bicyclic) bond motifs is 1. The molecule has 1 aromatic heterocycles. The number of likely N-dealkylation sites (N-methyl/N-ethyl adjacent to an activating group) is 1. The number of nitrogens with zero attached hydrogens (tertiary/aromatic N) is 3. The van der Waals surface area contributed by atoms with Crippen LogP contribution in [0, 0.1) is 6.92 Å². The van der Waals surface area contributed by atoms with E-state index in [0.717, 1.165) is 39.7 Å². The van der Waals surface area contributed by atoms with Crippen LogP contribution in [0.4, 0.5) is 16.5 Å². The topological polar surface area (TPSA) is 48.5 Å². The second kappa shape index (κ2) is 8.39. The molecule has 0 aliphatic rings. The molecule has 0 saturated carbocycles. The van der Waals surface area contributed by atoms with Crippen molar-refractivity contribution >= 4 is 44.0 Å². The van der Waals surface area contributed by atoms with E-state index in [-0.39, 0.29) is 12.5 Å². The van der Waals surface area contributed by atoms with Crippen molar-refractivity contribution in [3.8, 4) is 0 Å². The van der Waals surface area contributed by atoms with Gasteiger partial charge in [-0.25, -0.2) is 4.98 Å². The molecule has 0 atom stereocenters. The summed E-state index contributed by atoms with van der Waals surface area (Å²) in [7, 11) is 1.90. The van der Waals surface area contributed by atoms with Crippen LogP contribution >= 0.6 is 11.3 Å². The van der Waals surface area contributed by atoms with E-state index in [0.29, 0.717) is 0 Å². The van der Waals surface area contributed by atoms with Gasteiger partial charge in [-0.05, 0) is 56.7 Å². The smallest absolute Gasteiger partial charge is 0.243 e. The number of para-hydroxylation sites is 1. The minimum Gasteiger partial charge on any atom is -0.372 e. The number of nitrogens with one attached hydrogen (secondary N) is 1. The average Bonchev–Trinajstić information content (AvgIpc) is 3.09. The van der Waals surface area contributed by atoms with Gasteiger partial charge in [0, 0.05) is 31.5 Å². The number of carbonyl (C=O) groups is 1. The van der Waals surface area contributed by atoms with Crippen molar-refractivity contribution < 1.29 is 4.79 Å². The van der Waals surface area contributed by atoms with Crippen molar-refractivity contribution in [2.45, 2.75) is 20.8 Å². The minimum atomic E-state index is -0.0459. The lowest BCUT2D eigenvalue weighted by Gasteiger charge is -2.22. The van der Waals surface area contributed by atoms with Gasteiger partial charge in [0.05, 0.1) is 16.8 Å². The minimum absolute atomic E-state index is 0.0459. The molecule has 0 aliphatic carbocycles. The maximum absolute atomic E-state index is 12.5. The third-order valence-electron chi connectivity index (χ3n) is 4.60. The molecule has 142 valence electrons. The first kappa shape index (κ1) is 19.2. The van der Waals surface area contributed by atoms with Gasteiger partial charge in [-0.2, -0.15) is 0 Å². The highest BCUT2D eigenvalue weighted by Gasteiger charge is 2.13. The van der Waals surface area contributed by atoms with Crippen molar-refractivity contribution in [2.75, 3.05) is 41.8 Å². The van der Waals surface area contributed by atoms with Crippen LogP contribution in [-0.4, -0.2) is 37.6 Å². The molecule has 1 heterocycles. The monoisotopic (exact) mass is 382 g/mol. The second-order valence-electron chi connectivity index (χ2n) is 6.54. The number of benzene rings is 2. The Balaban J connectivity index is 1.66. The Hall–Kier alpha value is -2.60. The molecule has 5 nitrogen and oxygen atoms in total. The normalized spacial score (nSPS) is 10.8. The van der Waals surface area contributed by atoms with Gasteiger partial charge in [-0.1, -0.05) is 23.5 Å². The van der Waals surface area contributed by atoms with Gasteiger partial charge >= 0.3 is 0 Å². The predicted octanol–water partition coefficient (Wildman–Crippen LogP) is 4.53. The molecule has 6 heteroatoms. The largest absolute Gasteiger partial charge is 0.372 e. The van der Waals surface area contributed by atoms with Crippen LogP contribution in [0.25, 0.3) is 10.2 Å². The van der Waals surface area contributed by atoms with Crippen LogP contribution in [0.5, 0.6) is 0 Å². The molecule has 3 rings (SSSR count). The maximum Gasteiger partial charge on any atom is 0.243 e. The van der Waals surface area contributed by atoms with Gasteiger partial charge < -0.3 is 15.1 Å². The number of hydrogen-bond donors (Lipinski definition) is 1. The van der Waals surface area contributed by atoms with Crippen LogP contribution in [0.2, 0.25) is 0 Å². The van der Waals surface area contributed by atoms with Crippen molar-refractivity contribution in [1.29, 1.82) is 0 Å². The van der Waals surface area contributed by atoms with E-state index in [2.05, 4.69) is 41.2 Å². The van der Waals surface area contributed by atoms with Gasteiger partial charge in [0.1, 0.15) is 0 Å².